The Bertz CT molecular complexity index is 1430. The molecule has 2 aromatic carbocycles. The van der Waals surface area contributed by atoms with Gasteiger partial charge in [0.05, 0.1) is 31.5 Å². The number of carbonyl (C=O) groups excluding carboxylic acids is 3. The van der Waals surface area contributed by atoms with Gasteiger partial charge in [-0.2, -0.15) is 0 Å². The van der Waals surface area contributed by atoms with Gasteiger partial charge in [0, 0.05) is 36.2 Å². The lowest BCUT2D eigenvalue weighted by atomic mass is 9.75. The van der Waals surface area contributed by atoms with Gasteiger partial charge in [-0.15, -0.1) is 0 Å². The summed E-state index contributed by atoms with van der Waals surface area (Å²) in [6, 6.07) is 15.3. The van der Waals surface area contributed by atoms with Crippen LogP contribution in [0.3, 0.4) is 0 Å². The van der Waals surface area contributed by atoms with Crippen LogP contribution in [-0.4, -0.2) is 71.3 Å². The number of rotatable bonds is 11. The van der Waals surface area contributed by atoms with Crippen molar-refractivity contribution in [2.45, 2.75) is 122 Å². The summed E-state index contributed by atoms with van der Waals surface area (Å²) in [5.74, 6) is 0.173. The number of esters is 1. The van der Waals surface area contributed by atoms with Crippen LogP contribution in [0.2, 0.25) is 0 Å². The molecule has 3 fully saturated rings. The highest BCUT2D eigenvalue weighted by Gasteiger charge is 2.46. The second kappa shape index (κ2) is 17.1. The highest BCUT2D eigenvalue weighted by Crippen LogP contribution is 2.44. The van der Waals surface area contributed by atoms with Crippen molar-refractivity contribution in [1.82, 2.24) is 20.9 Å². The molecule has 1 aliphatic carbocycles. The van der Waals surface area contributed by atoms with Gasteiger partial charge < -0.3 is 35.3 Å². The maximum Gasteiger partial charge on any atom is 0.325 e. The fourth-order valence-corrected chi connectivity index (χ4v) is 7.67. The zero-order valence-electron chi connectivity index (χ0n) is 30.3. The molecule has 0 radical (unpaired) electrons. The fraction of sp³-hybridized carbons (Fsp3) is 0.615. The number of urea groups is 1. The lowest BCUT2D eigenvalue weighted by Crippen LogP contribution is -2.61. The summed E-state index contributed by atoms with van der Waals surface area (Å²) in [4.78, 5) is 40.0. The zero-order chi connectivity index (χ0) is 35.8. The van der Waals surface area contributed by atoms with Crippen molar-refractivity contribution in [3.63, 3.8) is 0 Å². The molecule has 11 nitrogen and oxygen atoms in total. The summed E-state index contributed by atoms with van der Waals surface area (Å²) in [5, 5.41) is 18.2. The maximum atomic E-state index is 13.8. The van der Waals surface area contributed by atoms with Gasteiger partial charge in [-0.1, -0.05) is 68.3 Å². The SMILES string of the molecule is CCOC(=O)CNC(=O)NCc1ccc(C2OC(CN3C(C(=O)NC(C)(C)C)CCC4CCCCC43)C(C)C(c3ccc(CO)cc3)O2)cc1. The number of nitrogens with zero attached hydrogens (tertiary/aromatic N) is 1. The van der Waals surface area contributed by atoms with Crippen molar-refractivity contribution in [3.8, 4) is 0 Å². The molecule has 0 aromatic heterocycles. The summed E-state index contributed by atoms with van der Waals surface area (Å²) in [7, 11) is 0. The third-order valence-electron chi connectivity index (χ3n) is 10.2. The van der Waals surface area contributed by atoms with E-state index in [9.17, 15) is 19.5 Å². The zero-order valence-corrected chi connectivity index (χ0v) is 30.3. The number of fused-ring (bicyclic) bond motifs is 1. The quantitative estimate of drug-likeness (QED) is 0.234. The topological polar surface area (TPSA) is 138 Å². The minimum absolute atomic E-state index is 0.0156. The number of ether oxygens (including phenoxy) is 3. The van der Waals surface area contributed by atoms with E-state index in [1.807, 2.05) is 69.3 Å². The van der Waals surface area contributed by atoms with Gasteiger partial charge in [0.25, 0.3) is 0 Å². The Balaban J connectivity index is 1.35. The molecule has 274 valence electrons. The smallest absolute Gasteiger partial charge is 0.325 e. The second-order valence-electron chi connectivity index (χ2n) is 15.0. The van der Waals surface area contributed by atoms with E-state index in [1.165, 1.54) is 19.3 Å². The lowest BCUT2D eigenvalue weighted by Gasteiger charge is -2.51. The lowest BCUT2D eigenvalue weighted by molar-refractivity contribution is -0.278. The summed E-state index contributed by atoms with van der Waals surface area (Å²) in [6.07, 6.45) is 5.49. The number of hydrogen-bond donors (Lipinski definition) is 4. The Morgan fingerprint density at radius 3 is 2.26 bits per heavy atom. The number of amides is 3. The van der Waals surface area contributed by atoms with E-state index in [0.717, 1.165) is 41.5 Å². The highest BCUT2D eigenvalue weighted by atomic mass is 16.7. The standard InChI is InChI=1S/C39H56N4O7/c1-6-48-34(45)22-41-38(47)40-21-26-11-17-30(18-12-26)37-49-33(25(2)35(50-37)29-15-13-27(24-44)14-16-29)23-43-31-10-8-7-9-28(31)19-20-32(43)36(46)42-39(3,4)5/h11-18,25,28,31-33,35,37,44H,6-10,19-24H2,1-5H3,(H,42,46)(H2,40,41,47). The van der Waals surface area contributed by atoms with Gasteiger partial charge in [-0.3, -0.25) is 14.5 Å². The predicted octanol–water partition coefficient (Wildman–Crippen LogP) is 5.27. The molecular formula is C39H56N4O7. The average Bonchev–Trinajstić information content (AvgIpc) is 3.10. The van der Waals surface area contributed by atoms with Gasteiger partial charge in [0.15, 0.2) is 6.29 Å². The first-order valence-corrected chi connectivity index (χ1v) is 18.3. The molecule has 11 heteroatoms. The van der Waals surface area contributed by atoms with Gasteiger partial charge in [0.2, 0.25) is 5.91 Å². The van der Waals surface area contributed by atoms with Crippen LogP contribution in [0.5, 0.6) is 0 Å². The van der Waals surface area contributed by atoms with Gasteiger partial charge in [0.1, 0.15) is 6.54 Å². The Kier molecular flexibility index (Phi) is 12.9. The Morgan fingerprint density at radius 1 is 0.900 bits per heavy atom. The van der Waals surface area contributed by atoms with E-state index >= 15 is 0 Å². The molecule has 3 amide bonds. The van der Waals surface area contributed by atoms with E-state index in [1.54, 1.807) is 6.92 Å². The third kappa shape index (κ3) is 9.84. The largest absolute Gasteiger partial charge is 0.465 e. The van der Waals surface area contributed by atoms with Gasteiger partial charge in [-0.25, -0.2) is 4.79 Å². The van der Waals surface area contributed by atoms with Crippen LogP contribution in [0.4, 0.5) is 4.79 Å². The average molecular weight is 693 g/mol. The molecule has 1 saturated carbocycles. The van der Waals surface area contributed by atoms with Crippen LogP contribution < -0.4 is 16.0 Å². The number of hydrogen-bond acceptors (Lipinski definition) is 8. The summed E-state index contributed by atoms with van der Waals surface area (Å²) < 4.78 is 18.4. The van der Waals surface area contributed by atoms with Crippen LogP contribution in [0, 0.1) is 11.8 Å². The first-order chi connectivity index (χ1) is 24.0. The molecule has 2 heterocycles. The number of likely N-dealkylation sites (tertiary alicyclic amines) is 1. The van der Waals surface area contributed by atoms with Crippen LogP contribution in [-0.2, 0) is 37.0 Å². The van der Waals surface area contributed by atoms with Crippen molar-refractivity contribution in [2.75, 3.05) is 19.7 Å². The number of piperidine rings is 1. The number of nitrogens with one attached hydrogen (secondary N) is 3. The number of benzene rings is 2. The Labute approximate surface area is 296 Å². The molecule has 50 heavy (non-hydrogen) atoms. The van der Waals surface area contributed by atoms with E-state index < -0.39 is 18.3 Å². The second-order valence-corrected chi connectivity index (χ2v) is 15.0. The molecule has 5 rings (SSSR count). The first kappa shape index (κ1) is 37.7. The van der Waals surface area contributed by atoms with Crippen LogP contribution >= 0.6 is 0 Å². The molecular weight excluding hydrogens is 636 g/mol. The molecule has 2 aliphatic heterocycles. The number of aliphatic hydroxyl groups is 1. The van der Waals surface area contributed by atoms with E-state index in [4.69, 9.17) is 14.2 Å². The summed E-state index contributed by atoms with van der Waals surface area (Å²) >= 11 is 0. The molecule has 0 bridgehead atoms. The van der Waals surface area contributed by atoms with E-state index in [-0.39, 0.29) is 61.9 Å². The normalized spacial score (nSPS) is 27.1. The van der Waals surface area contributed by atoms with Gasteiger partial charge in [-0.05, 0) is 76.0 Å². The Hall–Kier alpha value is -3.51. The molecule has 2 aromatic rings. The van der Waals surface area contributed by atoms with E-state index in [0.29, 0.717) is 18.5 Å². The summed E-state index contributed by atoms with van der Waals surface area (Å²) in [5.41, 5.74) is 3.26. The minimum atomic E-state index is -0.651. The third-order valence-corrected chi connectivity index (χ3v) is 10.2. The molecule has 4 N–H and O–H groups in total. The maximum absolute atomic E-state index is 13.8. The first-order valence-electron chi connectivity index (χ1n) is 18.3. The molecule has 2 saturated heterocycles. The number of aliphatic hydroxyl groups excluding tert-OH is 1. The van der Waals surface area contributed by atoms with Crippen LogP contribution in [0.25, 0.3) is 0 Å². The van der Waals surface area contributed by atoms with Crippen LogP contribution in [0.15, 0.2) is 48.5 Å². The molecule has 3 aliphatic rings. The van der Waals surface area contributed by atoms with Crippen molar-refractivity contribution in [2.24, 2.45) is 11.8 Å². The Morgan fingerprint density at radius 2 is 1.58 bits per heavy atom. The van der Waals surface area contributed by atoms with E-state index in [2.05, 4.69) is 27.8 Å². The van der Waals surface area contributed by atoms with Crippen molar-refractivity contribution < 1.29 is 33.7 Å². The molecule has 7 atom stereocenters. The van der Waals surface area contributed by atoms with Crippen molar-refractivity contribution in [3.05, 3.63) is 70.8 Å². The van der Waals surface area contributed by atoms with Gasteiger partial charge >= 0.3 is 12.0 Å². The monoisotopic (exact) mass is 692 g/mol. The highest BCUT2D eigenvalue weighted by molar-refractivity contribution is 5.82. The van der Waals surface area contributed by atoms with Crippen molar-refractivity contribution >= 4 is 17.9 Å². The fourth-order valence-electron chi connectivity index (χ4n) is 7.67. The van der Waals surface area contributed by atoms with Crippen molar-refractivity contribution in [1.29, 1.82) is 0 Å². The molecule has 0 spiro atoms. The minimum Gasteiger partial charge on any atom is -0.465 e. The summed E-state index contributed by atoms with van der Waals surface area (Å²) in [6.45, 7) is 10.9. The van der Waals surface area contributed by atoms with Crippen LogP contribution in [0.1, 0.15) is 108 Å². The molecule has 7 unspecified atom stereocenters. The number of carbonyl (C=O) groups is 3. The predicted molar refractivity (Wildman–Crippen MR) is 190 cm³/mol.